The predicted octanol–water partition coefficient (Wildman–Crippen LogP) is 3.70. The molecule has 0 radical (unpaired) electrons. The molecule has 3 atom stereocenters. The molecule has 104 valence electrons. The van der Waals surface area contributed by atoms with Crippen molar-refractivity contribution >= 4 is 5.97 Å². The van der Waals surface area contributed by atoms with Crippen molar-refractivity contribution < 1.29 is 9.53 Å². The van der Waals surface area contributed by atoms with Crippen LogP contribution in [-0.2, 0) is 4.74 Å². The average Bonchev–Trinajstić information content (AvgIpc) is 2.39. The second-order valence-corrected chi connectivity index (χ2v) is 6.01. The van der Waals surface area contributed by atoms with Crippen LogP contribution in [0, 0.1) is 17.8 Å². The van der Waals surface area contributed by atoms with Gasteiger partial charge in [0.1, 0.15) is 6.10 Å². The van der Waals surface area contributed by atoms with E-state index in [1.165, 1.54) is 6.42 Å². The molecule has 3 nitrogen and oxygen atoms in total. The Morgan fingerprint density at radius 1 is 1.32 bits per heavy atom. The lowest BCUT2D eigenvalue weighted by molar-refractivity contribution is -0.0174. The molecule has 0 aliphatic heterocycles. The van der Waals surface area contributed by atoms with Gasteiger partial charge in [-0.1, -0.05) is 27.2 Å². The Kier molecular flexibility index (Phi) is 4.56. The molecule has 0 amide bonds. The average molecular weight is 261 g/mol. The van der Waals surface area contributed by atoms with Crippen LogP contribution in [0.5, 0.6) is 0 Å². The molecular formula is C16H23NO2. The normalized spacial score (nSPS) is 27.3. The summed E-state index contributed by atoms with van der Waals surface area (Å²) >= 11 is 0. The maximum absolute atomic E-state index is 12.1. The number of esters is 1. The van der Waals surface area contributed by atoms with Crippen molar-refractivity contribution in [2.75, 3.05) is 0 Å². The number of nitrogens with zero attached hydrogens (tertiary/aromatic N) is 1. The topological polar surface area (TPSA) is 39.2 Å². The van der Waals surface area contributed by atoms with Gasteiger partial charge in [0.2, 0.25) is 0 Å². The Morgan fingerprint density at radius 3 is 2.63 bits per heavy atom. The van der Waals surface area contributed by atoms with Crippen LogP contribution in [0.4, 0.5) is 0 Å². The van der Waals surface area contributed by atoms with Gasteiger partial charge in [-0.3, -0.25) is 4.98 Å². The van der Waals surface area contributed by atoms with Crippen molar-refractivity contribution in [2.45, 2.75) is 46.1 Å². The molecule has 1 aromatic heterocycles. The van der Waals surface area contributed by atoms with E-state index in [4.69, 9.17) is 4.74 Å². The van der Waals surface area contributed by atoms with Gasteiger partial charge in [0, 0.05) is 12.4 Å². The van der Waals surface area contributed by atoms with Crippen molar-refractivity contribution in [3.63, 3.8) is 0 Å². The van der Waals surface area contributed by atoms with E-state index in [2.05, 4.69) is 25.8 Å². The Morgan fingerprint density at radius 2 is 2.00 bits per heavy atom. The highest BCUT2D eigenvalue weighted by molar-refractivity contribution is 5.89. The van der Waals surface area contributed by atoms with Gasteiger partial charge in [-0.05, 0) is 42.7 Å². The van der Waals surface area contributed by atoms with Gasteiger partial charge >= 0.3 is 5.97 Å². The molecule has 1 fully saturated rings. The van der Waals surface area contributed by atoms with Gasteiger partial charge in [-0.2, -0.15) is 0 Å². The Labute approximate surface area is 115 Å². The van der Waals surface area contributed by atoms with Crippen molar-refractivity contribution in [1.82, 2.24) is 4.98 Å². The zero-order valence-corrected chi connectivity index (χ0v) is 12.0. The van der Waals surface area contributed by atoms with Crippen molar-refractivity contribution in [1.29, 1.82) is 0 Å². The summed E-state index contributed by atoms with van der Waals surface area (Å²) in [6, 6.07) is 3.41. The maximum atomic E-state index is 12.1. The number of hydrogen-bond donors (Lipinski definition) is 0. The highest BCUT2D eigenvalue weighted by Gasteiger charge is 2.33. The van der Waals surface area contributed by atoms with E-state index in [0.29, 0.717) is 23.3 Å². The van der Waals surface area contributed by atoms with Crippen molar-refractivity contribution in [3.05, 3.63) is 30.1 Å². The molecule has 0 spiro atoms. The van der Waals surface area contributed by atoms with E-state index in [9.17, 15) is 4.79 Å². The van der Waals surface area contributed by atoms with Crippen LogP contribution in [0.2, 0.25) is 0 Å². The molecule has 3 heteroatoms. The summed E-state index contributed by atoms with van der Waals surface area (Å²) < 4.78 is 5.76. The molecule has 1 aliphatic carbocycles. The quantitative estimate of drug-likeness (QED) is 0.779. The Bertz CT molecular complexity index is 416. The summed E-state index contributed by atoms with van der Waals surface area (Å²) in [7, 11) is 0. The number of rotatable bonds is 3. The highest BCUT2D eigenvalue weighted by atomic mass is 16.5. The molecule has 0 unspecified atom stereocenters. The summed E-state index contributed by atoms with van der Waals surface area (Å²) in [5.74, 6) is 1.47. The standard InChI is InChI=1S/C16H23NO2/c1-11(2)14-5-4-12(3)10-15(14)19-16(18)13-6-8-17-9-7-13/h6-9,11-12,14-15H,4-5,10H2,1-3H3/t12-,14-,15+/m1/s1. The molecule has 1 heterocycles. The molecule has 1 aliphatic rings. The second kappa shape index (κ2) is 6.18. The molecule has 2 rings (SSSR count). The van der Waals surface area contributed by atoms with E-state index in [0.717, 1.165) is 12.8 Å². The Balaban J connectivity index is 2.04. The van der Waals surface area contributed by atoms with Crippen molar-refractivity contribution in [3.8, 4) is 0 Å². The number of aromatic nitrogens is 1. The number of pyridine rings is 1. The molecule has 0 saturated heterocycles. The third-order valence-corrected chi connectivity index (χ3v) is 4.14. The fourth-order valence-corrected chi connectivity index (χ4v) is 2.94. The molecule has 1 saturated carbocycles. The number of hydrogen-bond acceptors (Lipinski definition) is 3. The van der Waals surface area contributed by atoms with Gasteiger partial charge in [0.05, 0.1) is 5.56 Å². The summed E-state index contributed by atoms with van der Waals surface area (Å²) in [6.45, 7) is 6.67. The van der Waals surface area contributed by atoms with Gasteiger partial charge in [-0.25, -0.2) is 4.79 Å². The van der Waals surface area contributed by atoms with E-state index >= 15 is 0 Å². The first-order chi connectivity index (χ1) is 9.08. The first kappa shape index (κ1) is 14.0. The Hall–Kier alpha value is -1.38. The van der Waals surface area contributed by atoms with Gasteiger partial charge < -0.3 is 4.74 Å². The zero-order valence-electron chi connectivity index (χ0n) is 12.0. The molecule has 0 bridgehead atoms. The van der Waals surface area contributed by atoms with Crippen LogP contribution in [0.3, 0.4) is 0 Å². The molecule has 0 N–H and O–H groups in total. The number of ether oxygens (including phenoxy) is 1. The van der Waals surface area contributed by atoms with Crippen LogP contribution < -0.4 is 0 Å². The van der Waals surface area contributed by atoms with E-state index in [1.807, 2.05) is 0 Å². The van der Waals surface area contributed by atoms with Gasteiger partial charge in [0.25, 0.3) is 0 Å². The van der Waals surface area contributed by atoms with E-state index < -0.39 is 0 Å². The van der Waals surface area contributed by atoms with Crippen LogP contribution in [0.1, 0.15) is 50.4 Å². The van der Waals surface area contributed by atoms with Crippen LogP contribution >= 0.6 is 0 Å². The maximum Gasteiger partial charge on any atom is 0.338 e. The van der Waals surface area contributed by atoms with Crippen LogP contribution in [0.25, 0.3) is 0 Å². The largest absolute Gasteiger partial charge is 0.458 e. The predicted molar refractivity (Wildman–Crippen MR) is 74.8 cm³/mol. The molecular weight excluding hydrogens is 238 g/mol. The zero-order chi connectivity index (χ0) is 13.8. The third kappa shape index (κ3) is 3.55. The summed E-state index contributed by atoms with van der Waals surface area (Å²) in [5, 5.41) is 0. The molecule has 1 aromatic rings. The van der Waals surface area contributed by atoms with E-state index in [1.54, 1.807) is 24.5 Å². The van der Waals surface area contributed by atoms with Crippen LogP contribution in [0.15, 0.2) is 24.5 Å². The summed E-state index contributed by atoms with van der Waals surface area (Å²) in [5.41, 5.74) is 0.593. The first-order valence-electron chi connectivity index (χ1n) is 7.19. The van der Waals surface area contributed by atoms with Crippen LogP contribution in [-0.4, -0.2) is 17.1 Å². The lowest BCUT2D eigenvalue weighted by atomic mass is 9.75. The molecule has 0 aromatic carbocycles. The molecule has 19 heavy (non-hydrogen) atoms. The van der Waals surface area contributed by atoms with Gasteiger partial charge in [0.15, 0.2) is 0 Å². The third-order valence-electron chi connectivity index (χ3n) is 4.14. The van der Waals surface area contributed by atoms with Crippen molar-refractivity contribution in [2.24, 2.45) is 17.8 Å². The first-order valence-corrected chi connectivity index (χ1v) is 7.19. The van der Waals surface area contributed by atoms with Gasteiger partial charge in [-0.15, -0.1) is 0 Å². The van der Waals surface area contributed by atoms with E-state index in [-0.39, 0.29) is 12.1 Å². The fraction of sp³-hybridized carbons (Fsp3) is 0.625. The second-order valence-electron chi connectivity index (χ2n) is 6.01. The lowest BCUT2D eigenvalue weighted by Gasteiger charge is -2.36. The SMILES string of the molecule is CC(C)[C@H]1CC[C@@H](C)C[C@@H]1OC(=O)c1ccncc1. The summed E-state index contributed by atoms with van der Waals surface area (Å²) in [4.78, 5) is 16.1. The highest BCUT2D eigenvalue weighted by Crippen LogP contribution is 2.35. The smallest absolute Gasteiger partial charge is 0.338 e. The fourth-order valence-electron chi connectivity index (χ4n) is 2.94. The number of carbonyl (C=O) groups excluding carboxylic acids is 1. The number of carbonyl (C=O) groups is 1. The minimum absolute atomic E-state index is 0.0596. The monoisotopic (exact) mass is 261 g/mol. The minimum Gasteiger partial charge on any atom is -0.458 e. The summed E-state index contributed by atoms with van der Waals surface area (Å²) in [6.07, 6.45) is 6.70. The minimum atomic E-state index is -0.216. The lowest BCUT2D eigenvalue weighted by Crippen LogP contribution is -2.35.